The van der Waals surface area contributed by atoms with E-state index in [1.165, 1.54) is 11.3 Å². The highest BCUT2D eigenvalue weighted by Crippen LogP contribution is 2.32. The van der Waals surface area contributed by atoms with Gasteiger partial charge in [0, 0.05) is 11.8 Å². The van der Waals surface area contributed by atoms with Gasteiger partial charge in [-0.3, -0.25) is 0 Å². The number of hydrogen-bond acceptors (Lipinski definition) is 4. The van der Waals surface area contributed by atoms with Crippen LogP contribution in [0.3, 0.4) is 0 Å². The van der Waals surface area contributed by atoms with Crippen LogP contribution in [0, 0.1) is 5.92 Å². The van der Waals surface area contributed by atoms with Crippen LogP contribution in [0.15, 0.2) is 18.2 Å². The molecular weight excluding hydrogens is 246 g/mol. The highest BCUT2D eigenvalue weighted by atomic mass is 32.2. The molecule has 1 aromatic rings. The summed E-state index contributed by atoms with van der Waals surface area (Å²) < 4.78 is 10.6. The van der Waals surface area contributed by atoms with Crippen LogP contribution in [0.5, 0.6) is 11.5 Å². The Morgan fingerprint density at radius 3 is 2.67 bits per heavy atom. The van der Waals surface area contributed by atoms with Crippen molar-refractivity contribution in [2.45, 2.75) is 13.0 Å². The molecule has 0 radical (unpaired) electrons. The first-order chi connectivity index (χ1) is 8.74. The zero-order valence-corrected chi connectivity index (χ0v) is 12.0. The number of rotatable bonds is 3. The van der Waals surface area contributed by atoms with E-state index in [9.17, 15) is 0 Å². The largest absolute Gasteiger partial charge is 0.493 e. The van der Waals surface area contributed by atoms with Gasteiger partial charge >= 0.3 is 0 Å². The lowest BCUT2D eigenvalue weighted by molar-refractivity contribution is 0.354. The van der Waals surface area contributed by atoms with Crippen LogP contribution < -0.4 is 14.8 Å². The molecule has 18 heavy (non-hydrogen) atoms. The summed E-state index contributed by atoms with van der Waals surface area (Å²) >= 11 is 2.02. The van der Waals surface area contributed by atoms with E-state index in [1.54, 1.807) is 14.2 Å². The molecule has 0 bridgehead atoms. The van der Waals surface area contributed by atoms with Crippen LogP contribution >= 0.6 is 11.8 Å². The van der Waals surface area contributed by atoms with E-state index in [0.29, 0.717) is 6.04 Å². The Kier molecular flexibility index (Phi) is 4.78. The monoisotopic (exact) mass is 267 g/mol. The number of ether oxygens (including phenoxy) is 2. The van der Waals surface area contributed by atoms with Gasteiger partial charge in [-0.1, -0.05) is 13.0 Å². The minimum absolute atomic E-state index is 0.403. The maximum Gasteiger partial charge on any atom is 0.161 e. The molecule has 0 aromatic heterocycles. The number of nitrogens with one attached hydrogen (secondary N) is 1. The fourth-order valence-corrected chi connectivity index (χ4v) is 3.33. The van der Waals surface area contributed by atoms with E-state index in [0.717, 1.165) is 29.7 Å². The summed E-state index contributed by atoms with van der Waals surface area (Å²) in [6, 6.07) is 6.58. The molecule has 1 aliphatic heterocycles. The van der Waals surface area contributed by atoms with Crippen LogP contribution in [0.4, 0.5) is 0 Å². The zero-order chi connectivity index (χ0) is 13.0. The molecule has 3 nitrogen and oxygen atoms in total. The molecule has 0 saturated carbocycles. The third-order valence-corrected chi connectivity index (χ3v) is 4.58. The Morgan fingerprint density at radius 1 is 1.17 bits per heavy atom. The SMILES string of the molecule is COc1ccc(C2CSCC(C)CN2)cc1OC. The number of thioether (sulfide) groups is 1. The third-order valence-electron chi connectivity index (χ3n) is 3.21. The molecule has 2 rings (SSSR count). The summed E-state index contributed by atoms with van der Waals surface area (Å²) in [6.07, 6.45) is 0. The van der Waals surface area contributed by atoms with Crippen molar-refractivity contribution >= 4 is 11.8 Å². The van der Waals surface area contributed by atoms with Gasteiger partial charge in [-0.25, -0.2) is 0 Å². The number of hydrogen-bond donors (Lipinski definition) is 1. The van der Waals surface area contributed by atoms with Gasteiger partial charge in [-0.05, 0) is 35.9 Å². The number of benzene rings is 1. The fraction of sp³-hybridized carbons (Fsp3) is 0.571. The smallest absolute Gasteiger partial charge is 0.161 e. The van der Waals surface area contributed by atoms with Crippen LogP contribution in [-0.4, -0.2) is 32.3 Å². The van der Waals surface area contributed by atoms with Crippen LogP contribution in [-0.2, 0) is 0 Å². The Balaban J connectivity index is 2.17. The Morgan fingerprint density at radius 2 is 1.94 bits per heavy atom. The molecule has 4 heteroatoms. The van der Waals surface area contributed by atoms with Crippen molar-refractivity contribution in [3.63, 3.8) is 0 Å². The Labute approximate surface area is 113 Å². The zero-order valence-electron chi connectivity index (χ0n) is 11.2. The van der Waals surface area contributed by atoms with Gasteiger partial charge in [-0.15, -0.1) is 0 Å². The Hall–Kier alpha value is -0.870. The van der Waals surface area contributed by atoms with Crippen molar-refractivity contribution < 1.29 is 9.47 Å². The third kappa shape index (κ3) is 3.12. The maximum absolute atomic E-state index is 5.36. The average molecular weight is 267 g/mol. The summed E-state index contributed by atoms with van der Waals surface area (Å²) in [5, 5.41) is 3.62. The van der Waals surface area contributed by atoms with Gasteiger partial charge in [-0.2, -0.15) is 11.8 Å². The second-order valence-corrected chi connectivity index (χ2v) is 5.79. The van der Waals surface area contributed by atoms with E-state index < -0.39 is 0 Å². The first-order valence-electron chi connectivity index (χ1n) is 6.27. The lowest BCUT2D eigenvalue weighted by Gasteiger charge is -2.18. The van der Waals surface area contributed by atoms with E-state index in [1.807, 2.05) is 17.8 Å². The predicted octanol–water partition coefficient (Wildman–Crippen LogP) is 2.72. The quantitative estimate of drug-likeness (QED) is 0.912. The summed E-state index contributed by atoms with van der Waals surface area (Å²) in [7, 11) is 3.35. The molecule has 1 fully saturated rings. The number of methoxy groups -OCH3 is 2. The summed E-state index contributed by atoms with van der Waals surface area (Å²) in [4.78, 5) is 0. The molecular formula is C14H21NO2S. The fourth-order valence-electron chi connectivity index (χ4n) is 2.13. The second kappa shape index (κ2) is 6.34. The van der Waals surface area contributed by atoms with Gasteiger partial charge in [0.2, 0.25) is 0 Å². The molecule has 1 N–H and O–H groups in total. The van der Waals surface area contributed by atoms with Crippen molar-refractivity contribution in [2.75, 3.05) is 32.3 Å². The van der Waals surface area contributed by atoms with Crippen molar-refractivity contribution in [1.29, 1.82) is 0 Å². The van der Waals surface area contributed by atoms with E-state index in [-0.39, 0.29) is 0 Å². The maximum atomic E-state index is 5.36. The summed E-state index contributed by atoms with van der Waals surface area (Å²) in [5.41, 5.74) is 1.27. The van der Waals surface area contributed by atoms with Crippen molar-refractivity contribution in [3.8, 4) is 11.5 Å². The van der Waals surface area contributed by atoms with Gasteiger partial charge < -0.3 is 14.8 Å². The average Bonchev–Trinajstić information content (AvgIpc) is 2.62. The molecule has 2 atom stereocenters. The van der Waals surface area contributed by atoms with Crippen molar-refractivity contribution in [1.82, 2.24) is 5.32 Å². The molecule has 1 aliphatic rings. The van der Waals surface area contributed by atoms with Crippen LogP contribution in [0.25, 0.3) is 0 Å². The molecule has 0 aliphatic carbocycles. The predicted molar refractivity (Wildman–Crippen MR) is 76.8 cm³/mol. The highest BCUT2D eigenvalue weighted by Gasteiger charge is 2.18. The first-order valence-corrected chi connectivity index (χ1v) is 7.43. The standard InChI is InChI=1S/C14H21NO2S/c1-10-7-15-12(9-18-8-10)11-4-5-13(16-2)14(6-11)17-3/h4-6,10,12,15H,7-9H2,1-3H3. The first kappa shape index (κ1) is 13.6. The van der Waals surface area contributed by atoms with Gasteiger partial charge in [0.1, 0.15) is 0 Å². The summed E-state index contributed by atoms with van der Waals surface area (Å²) in [6.45, 7) is 3.36. The molecule has 100 valence electrons. The Bertz CT molecular complexity index is 397. The summed E-state index contributed by atoms with van der Waals surface area (Å²) in [5.74, 6) is 4.67. The normalized spacial score (nSPS) is 24.4. The van der Waals surface area contributed by atoms with E-state index >= 15 is 0 Å². The molecule has 1 heterocycles. The molecule has 1 aromatic carbocycles. The lowest BCUT2D eigenvalue weighted by atomic mass is 10.1. The molecule has 0 spiro atoms. The highest BCUT2D eigenvalue weighted by molar-refractivity contribution is 7.99. The molecule has 0 amide bonds. The van der Waals surface area contributed by atoms with Gasteiger partial charge in [0.15, 0.2) is 11.5 Å². The van der Waals surface area contributed by atoms with Crippen LogP contribution in [0.1, 0.15) is 18.5 Å². The van der Waals surface area contributed by atoms with Crippen molar-refractivity contribution in [2.24, 2.45) is 5.92 Å². The van der Waals surface area contributed by atoms with Crippen molar-refractivity contribution in [3.05, 3.63) is 23.8 Å². The van der Waals surface area contributed by atoms with Gasteiger partial charge in [0.05, 0.1) is 14.2 Å². The van der Waals surface area contributed by atoms with Gasteiger partial charge in [0.25, 0.3) is 0 Å². The van der Waals surface area contributed by atoms with E-state index in [2.05, 4.69) is 24.4 Å². The minimum atomic E-state index is 0.403. The molecule has 2 unspecified atom stereocenters. The van der Waals surface area contributed by atoms with Crippen LogP contribution in [0.2, 0.25) is 0 Å². The van der Waals surface area contributed by atoms with E-state index in [4.69, 9.17) is 9.47 Å². The molecule has 1 saturated heterocycles. The minimum Gasteiger partial charge on any atom is -0.493 e. The topological polar surface area (TPSA) is 30.5 Å². The second-order valence-electron chi connectivity index (χ2n) is 4.72. The lowest BCUT2D eigenvalue weighted by Crippen LogP contribution is -2.25.